The first-order valence-corrected chi connectivity index (χ1v) is 9.44. The van der Waals surface area contributed by atoms with Gasteiger partial charge in [0.1, 0.15) is 0 Å². The van der Waals surface area contributed by atoms with E-state index in [2.05, 4.69) is 27.7 Å². The predicted octanol–water partition coefficient (Wildman–Crippen LogP) is 4.56. The van der Waals surface area contributed by atoms with Crippen molar-refractivity contribution in [3.05, 3.63) is 0 Å². The van der Waals surface area contributed by atoms with Crippen LogP contribution in [0, 0.1) is 5.92 Å². The van der Waals surface area contributed by atoms with Crippen LogP contribution >= 0.6 is 0 Å². The van der Waals surface area contributed by atoms with Crippen molar-refractivity contribution >= 4 is 11.9 Å². The van der Waals surface area contributed by atoms with Crippen LogP contribution in [-0.4, -0.2) is 36.5 Å². The number of nitrogens with zero attached hydrogens (tertiary/aromatic N) is 1. The number of rotatable bonds is 14. The third kappa shape index (κ3) is 13.1. The van der Waals surface area contributed by atoms with Gasteiger partial charge in [-0.15, -0.1) is 0 Å². The first-order valence-electron chi connectivity index (χ1n) is 9.44. The Kier molecular flexibility index (Phi) is 13.9. The van der Waals surface area contributed by atoms with E-state index >= 15 is 0 Å². The molecule has 0 N–H and O–H groups in total. The Morgan fingerprint density at radius 2 is 1.57 bits per heavy atom. The molecule has 0 aliphatic rings. The summed E-state index contributed by atoms with van der Waals surface area (Å²) in [6.07, 6.45) is 8.56. The minimum Gasteiger partial charge on any atom is -0.466 e. The third-order valence-electron chi connectivity index (χ3n) is 3.78. The summed E-state index contributed by atoms with van der Waals surface area (Å²) >= 11 is 0. The zero-order valence-corrected chi connectivity index (χ0v) is 15.7. The van der Waals surface area contributed by atoms with E-state index in [4.69, 9.17) is 4.74 Å². The summed E-state index contributed by atoms with van der Waals surface area (Å²) in [6.45, 7) is 10.1. The fraction of sp³-hybridized carbons (Fsp3) is 0.895. The Labute approximate surface area is 143 Å². The zero-order valence-electron chi connectivity index (χ0n) is 15.7. The molecule has 0 unspecified atom stereocenters. The average molecular weight is 328 g/mol. The van der Waals surface area contributed by atoms with Crippen molar-refractivity contribution < 1.29 is 14.3 Å². The molecule has 0 aliphatic carbocycles. The van der Waals surface area contributed by atoms with E-state index in [0.717, 1.165) is 32.2 Å². The third-order valence-corrected chi connectivity index (χ3v) is 3.78. The maximum absolute atomic E-state index is 12.4. The summed E-state index contributed by atoms with van der Waals surface area (Å²) in [5.41, 5.74) is 0. The van der Waals surface area contributed by atoms with Gasteiger partial charge in [-0.3, -0.25) is 9.59 Å². The van der Waals surface area contributed by atoms with Crippen LogP contribution in [0.5, 0.6) is 0 Å². The van der Waals surface area contributed by atoms with Crippen molar-refractivity contribution in [1.82, 2.24) is 4.90 Å². The van der Waals surface area contributed by atoms with Crippen LogP contribution in [0.3, 0.4) is 0 Å². The molecule has 0 saturated carbocycles. The molecule has 0 aromatic carbocycles. The van der Waals surface area contributed by atoms with Gasteiger partial charge in [-0.05, 0) is 18.8 Å². The second-order valence-corrected chi connectivity index (χ2v) is 6.72. The molecule has 4 heteroatoms. The molecule has 136 valence electrons. The Balaban J connectivity index is 4.13. The number of unbranched alkanes of at least 4 members (excludes halogenated alkanes) is 5. The molecule has 0 fully saturated rings. The van der Waals surface area contributed by atoms with Gasteiger partial charge in [0, 0.05) is 19.5 Å². The highest BCUT2D eigenvalue weighted by molar-refractivity contribution is 5.77. The lowest BCUT2D eigenvalue weighted by molar-refractivity contribution is -0.144. The Hall–Kier alpha value is -1.06. The van der Waals surface area contributed by atoms with E-state index in [-0.39, 0.29) is 11.9 Å². The first-order chi connectivity index (χ1) is 11.0. The lowest BCUT2D eigenvalue weighted by atomic mass is 10.1. The predicted molar refractivity (Wildman–Crippen MR) is 95.3 cm³/mol. The highest BCUT2D eigenvalue weighted by atomic mass is 16.5. The van der Waals surface area contributed by atoms with Crippen molar-refractivity contribution in [3.8, 4) is 0 Å². The van der Waals surface area contributed by atoms with Gasteiger partial charge in [-0.2, -0.15) is 0 Å². The molecule has 0 aromatic rings. The van der Waals surface area contributed by atoms with Gasteiger partial charge in [0.15, 0.2) is 0 Å². The zero-order chi connectivity index (χ0) is 17.5. The van der Waals surface area contributed by atoms with E-state index in [0.29, 0.717) is 31.9 Å². The highest BCUT2D eigenvalue weighted by Crippen LogP contribution is 2.09. The van der Waals surface area contributed by atoms with E-state index in [1.54, 1.807) is 0 Å². The first kappa shape index (κ1) is 21.9. The summed E-state index contributed by atoms with van der Waals surface area (Å²) < 4.78 is 5.17. The fourth-order valence-corrected chi connectivity index (χ4v) is 2.43. The fourth-order valence-electron chi connectivity index (χ4n) is 2.43. The van der Waals surface area contributed by atoms with Crippen molar-refractivity contribution in [2.24, 2.45) is 5.92 Å². The van der Waals surface area contributed by atoms with Crippen LogP contribution < -0.4 is 0 Å². The lowest BCUT2D eigenvalue weighted by Gasteiger charge is -2.24. The van der Waals surface area contributed by atoms with Gasteiger partial charge in [-0.1, -0.05) is 59.8 Å². The van der Waals surface area contributed by atoms with E-state index < -0.39 is 0 Å². The number of carbonyl (C=O) groups excluding carboxylic acids is 2. The van der Waals surface area contributed by atoms with Crippen LogP contribution in [0.4, 0.5) is 0 Å². The smallest absolute Gasteiger partial charge is 0.307 e. The van der Waals surface area contributed by atoms with Crippen LogP contribution in [0.15, 0.2) is 0 Å². The number of carbonyl (C=O) groups is 2. The number of hydrogen-bond donors (Lipinski definition) is 0. The van der Waals surface area contributed by atoms with Crippen LogP contribution in [0.2, 0.25) is 0 Å². The minimum absolute atomic E-state index is 0.177. The van der Waals surface area contributed by atoms with Gasteiger partial charge in [0.25, 0.3) is 0 Å². The Morgan fingerprint density at radius 1 is 0.913 bits per heavy atom. The minimum atomic E-state index is -0.192. The summed E-state index contributed by atoms with van der Waals surface area (Å²) in [6, 6.07) is 0. The van der Waals surface area contributed by atoms with Crippen LogP contribution in [-0.2, 0) is 14.3 Å². The number of amides is 1. The Morgan fingerprint density at radius 3 is 2.17 bits per heavy atom. The molecule has 0 radical (unpaired) electrons. The highest BCUT2D eigenvalue weighted by Gasteiger charge is 2.16. The Bertz CT molecular complexity index is 316. The number of hydrogen-bond acceptors (Lipinski definition) is 3. The van der Waals surface area contributed by atoms with E-state index in [9.17, 15) is 9.59 Å². The van der Waals surface area contributed by atoms with Gasteiger partial charge in [0.05, 0.1) is 13.0 Å². The molecule has 23 heavy (non-hydrogen) atoms. The molecule has 0 saturated heterocycles. The van der Waals surface area contributed by atoms with Crippen LogP contribution in [0.1, 0.15) is 85.5 Å². The normalized spacial score (nSPS) is 10.8. The number of esters is 1. The maximum Gasteiger partial charge on any atom is 0.307 e. The summed E-state index contributed by atoms with van der Waals surface area (Å²) in [4.78, 5) is 25.9. The van der Waals surface area contributed by atoms with Crippen molar-refractivity contribution in [1.29, 1.82) is 0 Å². The molecule has 0 atom stereocenters. The van der Waals surface area contributed by atoms with Crippen molar-refractivity contribution in [2.45, 2.75) is 85.5 Å². The van der Waals surface area contributed by atoms with E-state index in [1.165, 1.54) is 19.3 Å². The van der Waals surface area contributed by atoms with Gasteiger partial charge >= 0.3 is 5.97 Å². The average Bonchev–Trinajstić information content (AvgIpc) is 2.51. The van der Waals surface area contributed by atoms with Gasteiger partial charge in [-0.25, -0.2) is 0 Å². The summed E-state index contributed by atoms with van der Waals surface area (Å²) in [7, 11) is 0. The molecule has 1 amide bonds. The van der Waals surface area contributed by atoms with Gasteiger partial charge in [0.2, 0.25) is 5.91 Å². The van der Waals surface area contributed by atoms with Crippen molar-refractivity contribution in [2.75, 3.05) is 19.7 Å². The molecule has 0 bridgehead atoms. The maximum atomic E-state index is 12.4. The molecule has 0 aliphatic heterocycles. The van der Waals surface area contributed by atoms with Crippen LogP contribution in [0.25, 0.3) is 0 Å². The van der Waals surface area contributed by atoms with Crippen molar-refractivity contribution in [3.63, 3.8) is 0 Å². The van der Waals surface area contributed by atoms with Gasteiger partial charge < -0.3 is 9.64 Å². The lowest BCUT2D eigenvalue weighted by Crippen LogP contribution is -2.36. The summed E-state index contributed by atoms with van der Waals surface area (Å²) in [5.74, 6) is 0.398. The molecule has 0 aromatic heterocycles. The van der Waals surface area contributed by atoms with E-state index in [1.807, 2.05) is 4.90 Å². The molecule has 0 rings (SSSR count). The molecular weight excluding hydrogens is 290 g/mol. The summed E-state index contributed by atoms with van der Waals surface area (Å²) in [5, 5.41) is 0. The second-order valence-electron chi connectivity index (χ2n) is 6.72. The molecule has 0 spiro atoms. The quantitative estimate of drug-likeness (QED) is 0.347. The monoisotopic (exact) mass is 327 g/mol. The second kappa shape index (κ2) is 14.5. The standard InChI is InChI=1S/C19H37NO3/c1-5-7-9-10-11-12-18(21)20(16-17(3)4)14-13-19(22)23-15-8-6-2/h17H,5-16H2,1-4H3. The molecule has 0 heterocycles. The number of ether oxygens (including phenoxy) is 1. The largest absolute Gasteiger partial charge is 0.466 e. The molecule has 4 nitrogen and oxygen atoms in total. The topological polar surface area (TPSA) is 46.6 Å². The SMILES string of the molecule is CCCCCCCC(=O)N(CCC(=O)OCCCC)CC(C)C. The molecular formula is C19H37NO3.